The lowest BCUT2D eigenvalue weighted by Crippen LogP contribution is -2.47. The number of ether oxygens (including phenoxy) is 1. The normalized spacial score (nSPS) is 17.7. The van der Waals surface area contributed by atoms with Crippen molar-refractivity contribution < 1.29 is 14.3 Å². The van der Waals surface area contributed by atoms with Gasteiger partial charge in [0.1, 0.15) is 29.4 Å². The average molecular weight is 507 g/mol. The molecule has 1 aromatic heterocycles. The molecule has 0 radical (unpaired) electrons. The Morgan fingerprint density at radius 1 is 1.06 bits per heavy atom. The minimum atomic E-state index is -0.623. The smallest absolute Gasteiger partial charge is 0.237 e. The maximum absolute atomic E-state index is 12.4. The molecule has 0 bridgehead atoms. The summed E-state index contributed by atoms with van der Waals surface area (Å²) in [6.07, 6.45) is 3.35. The molecular weight excluding hydrogens is 480 g/mol. The molecule has 1 atom stereocenters. The topological polar surface area (TPSA) is 105 Å². The van der Waals surface area contributed by atoms with Crippen molar-refractivity contribution in [1.82, 2.24) is 14.9 Å². The Labute approximate surface area is 214 Å². The number of nitrogens with zero attached hydrogens (tertiary/aromatic N) is 5. The van der Waals surface area contributed by atoms with Crippen LogP contribution < -0.4 is 20.3 Å². The Kier molecular flexibility index (Phi) is 6.90. The standard InChI is InChI=1S/C26H27ClN6O3/c27-14-23(35)31-12-10-18(11-13-31)15-32-22(16-34)33(24-25(28)29-17-30-26(24)32)19-6-8-21(9-7-19)36-20-4-2-1-3-5-20/h1-9,16-18,22H,10-15H2,(H2,28,29,30). The van der Waals surface area contributed by atoms with Gasteiger partial charge in [0.25, 0.3) is 0 Å². The van der Waals surface area contributed by atoms with Crippen molar-refractivity contribution in [2.75, 3.05) is 41.0 Å². The molecule has 3 aromatic rings. The van der Waals surface area contributed by atoms with E-state index in [2.05, 4.69) is 9.97 Å². The minimum absolute atomic E-state index is 0.00226. The Bertz CT molecular complexity index is 1220. The molecule has 5 rings (SSSR count). The van der Waals surface area contributed by atoms with Gasteiger partial charge in [-0.25, -0.2) is 9.97 Å². The Morgan fingerprint density at radius 2 is 1.75 bits per heavy atom. The van der Waals surface area contributed by atoms with E-state index >= 15 is 0 Å². The van der Waals surface area contributed by atoms with Crippen molar-refractivity contribution in [2.45, 2.75) is 19.0 Å². The van der Waals surface area contributed by atoms with Gasteiger partial charge in [0, 0.05) is 25.3 Å². The Balaban J connectivity index is 1.38. The molecule has 0 saturated carbocycles. The van der Waals surface area contributed by atoms with Crippen molar-refractivity contribution >= 4 is 46.8 Å². The number of nitrogens with two attached hydrogens (primary N) is 1. The summed E-state index contributed by atoms with van der Waals surface area (Å²) in [7, 11) is 0. The second-order valence-electron chi connectivity index (χ2n) is 8.87. The van der Waals surface area contributed by atoms with Crippen molar-refractivity contribution in [3.8, 4) is 11.5 Å². The number of alkyl halides is 1. The van der Waals surface area contributed by atoms with Crippen LogP contribution in [0.3, 0.4) is 0 Å². The van der Waals surface area contributed by atoms with E-state index in [1.54, 1.807) is 4.90 Å². The van der Waals surface area contributed by atoms with E-state index in [0.29, 0.717) is 42.7 Å². The van der Waals surface area contributed by atoms with Crippen LogP contribution in [0.1, 0.15) is 12.8 Å². The summed E-state index contributed by atoms with van der Waals surface area (Å²) in [5, 5.41) is 0. The highest BCUT2D eigenvalue weighted by molar-refractivity contribution is 6.27. The number of fused-ring (bicyclic) bond motifs is 1. The number of carbonyl (C=O) groups is 2. The summed E-state index contributed by atoms with van der Waals surface area (Å²) < 4.78 is 5.91. The Morgan fingerprint density at radius 3 is 2.42 bits per heavy atom. The van der Waals surface area contributed by atoms with Crippen LogP contribution in [0.2, 0.25) is 0 Å². The van der Waals surface area contributed by atoms with Crippen molar-refractivity contribution in [1.29, 1.82) is 0 Å². The number of rotatable bonds is 7. The van der Waals surface area contributed by atoms with E-state index in [1.807, 2.05) is 64.4 Å². The van der Waals surface area contributed by atoms with Crippen LogP contribution in [0.25, 0.3) is 0 Å². The first-order chi connectivity index (χ1) is 17.6. The zero-order valence-corrected chi connectivity index (χ0v) is 20.4. The number of para-hydroxylation sites is 1. The summed E-state index contributed by atoms with van der Waals surface area (Å²) in [5.74, 6) is 2.60. The van der Waals surface area contributed by atoms with Crippen molar-refractivity contribution in [3.63, 3.8) is 0 Å². The third-order valence-corrected chi connectivity index (χ3v) is 6.91. The van der Waals surface area contributed by atoms with E-state index in [1.165, 1.54) is 6.33 Å². The first-order valence-electron chi connectivity index (χ1n) is 11.9. The van der Waals surface area contributed by atoms with Crippen LogP contribution in [0, 0.1) is 5.92 Å². The van der Waals surface area contributed by atoms with E-state index in [-0.39, 0.29) is 17.7 Å². The number of anilines is 4. The van der Waals surface area contributed by atoms with Crippen LogP contribution in [0.5, 0.6) is 11.5 Å². The average Bonchev–Trinajstić information content (AvgIpc) is 3.24. The third-order valence-electron chi connectivity index (χ3n) is 6.68. The number of hydrogen-bond donors (Lipinski definition) is 1. The first kappa shape index (κ1) is 23.9. The van der Waals surface area contributed by atoms with Gasteiger partial charge in [-0.15, -0.1) is 11.6 Å². The van der Waals surface area contributed by atoms with Gasteiger partial charge >= 0.3 is 0 Å². The van der Waals surface area contributed by atoms with E-state index in [0.717, 1.165) is 30.6 Å². The number of nitrogen functional groups attached to an aromatic ring is 1. The largest absolute Gasteiger partial charge is 0.457 e. The molecule has 1 unspecified atom stereocenters. The van der Waals surface area contributed by atoms with Gasteiger partial charge in [0.05, 0.1) is 0 Å². The van der Waals surface area contributed by atoms with Crippen LogP contribution in [0.4, 0.5) is 23.0 Å². The molecule has 2 aromatic carbocycles. The molecule has 2 aliphatic heterocycles. The number of benzene rings is 2. The van der Waals surface area contributed by atoms with Gasteiger partial charge in [-0.2, -0.15) is 0 Å². The van der Waals surface area contributed by atoms with E-state index < -0.39 is 6.17 Å². The van der Waals surface area contributed by atoms with Crippen LogP contribution >= 0.6 is 11.6 Å². The summed E-state index contributed by atoms with van der Waals surface area (Å²) in [6.45, 7) is 1.92. The second kappa shape index (κ2) is 10.4. The monoisotopic (exact) mass is 506 g/mol. The van der Waals surface area contributed by atoms with Gasteiger partial charge in [0.15, 0.2) is 24.1 Å². The highest BCUT2D eigenvalue weighted by atomic mass is 35.5. The van der Waals surface area contributed by atoms with Gasteiger partial charge in [-0.05, 0) is 55.2 Å². The quantitative estimate of drug-likeness (QED) is 0.381. The van der Waals surface area contributed by atoms with Crippen LogP contribution in [0.15, 0.2) is 60.9 Å². The fourth-order valence-electron chi connectivity index (χ4n) is 4.86. The second-order valence-corrected chi connectivity index (χ2v) is 9.14. The summed E-state index contributed by atoms with van der Waals surface area (Å²) in [4.78, 5) is 38.7. The lowest BCUT2D eigenvalue weighted by molar-refractivity contribution is -0.129. The highest BCUT2D eigenvalue weighted by Gasteiger charge is 2.41. The molecule has 2 N–H and O–H groups in total. The molecule has 1 saturated heterocycles. The van der Waals surface area contributed by atoms with E-state index in [9.17, 15) is 9.59 Å². The molecule has 3 heterocycles. The predicted octanol–water partition coefficient (Wildman–Crippen LogP) is 3.81. The summed E-state index contributed by atoms with van der Waals surface area (Å²) >= 11 is 5.71. The number of halogens is 1. The van der Waals surface area contributed by atoms with Gasteiger partial charge in [0.2, 0.25) is 5.91 Å². The molecule has 186 valence electrons. The highest BCUT2D eigenvalue weighted by Crippen LogP contribution is 2.46. The SMILES string of the molecule is Nc1ncnc2c1N(c1ccc(Oc3ccccc3)cc1)C(C=O)N2CC1CCN(C(=O)CCl)CC1. The number of hydrogen-bond acceptors (Lipinski definition) is 8. The van der Waals surface area contributed by atoms with Crippen LogP contribution in [-0.4, -0.2) is 58.7 Å². The molecule has 0 spiro atoms. The molecule has 9 nitrogen and oxygen atoms in total. The number of carbonyl (C=O) groups excluding carboxylic acids is 2. The summed E-state index contributed by atoms with van der Waals surface area (Å²) in [5.41, 5.74) is 7.68. The fraction of sp³-hybridized carbons (Fsp3) is 0.308. The number of aromatic nitrogens is 2. The van der Waals surface area contributed by atoms with Gasteiger partial charge < -0.3 is 25.2 Å². The lowest BCUT2D eigenvalue weighted by Gasteiger charge is -2.35. The maximum Gasteiger partial charge on any atom is 0.237 e. The molecule has 36 heavy (non-hydrogen) atoms. The van der Waals surface area contributed by atoms with Crippen molar-refractivity contribution in [2.24, 2.45) is 5.92 Å². The van der Waals surface area contributed by atoms with Gasteiger partial charge in [-0.1, -0.05) is 18.2 Å². The molecule has 0 aliphatic carbocycles. The zero-order chi connectivity index (χ0) is 25.1. The molecule has 1 fully saturated rings. The molecule has 1 amide bonds. The number of amides is 1. The lowest BCUT2D eigenvalue weighted by atomic mass is 9.96. The first-order valence-corrected chi connectivity index (χ1v) is 12.4. The third kappa shape index (κ3) is 4.66. The summed E-state index contributed by atoms with van der Waals surface area (Å²) in [6, 6.07) is 17.0. The predicted molar refractivity (Wildman–Crippen MR) is 139 cm³/mol. The number of piperidine rings is 1. The zero-order valence-electron chi connectivity index (χ0n) is 19.7. The molecular formula is C26H27ClN6O3. The number of likely N-dealkylation sites (tertiary alicyclic amines) is 1. The Hall–Kier alpha value is -3.85. The van der Waals surface area contributed by atoms with Crippen LogP contribution in [-0.2, 0) is 9.59 Å². The molecule has 2 aliphatic rings. The number of aldehydes is 1. The van der Waals surface area contributed by atoms with Gasteiger partial charge in [-0.3, -0.25) is 9.59 Å². The maximum atomic E-state index is 12.4. The fourth-order valence-corrected chi connectivity index (χ4v) is 5.03. The van der Waals surface area contributed by atoms with Crippen molar-refractivity contribution in [3.05, 3.63) is 60.9 Å². The minimum Gasteiger partial charge on any atom is -0.457 e. The van der Waals surface area contributed by atoms with E-state index in [4.69, 9.17) is 22.1 Å². The molecule has 10 heteroatoms.